The van der Waals surface area contributed by atoms with Gasteiger partial charge in [-0.25, -0.2) is 4.79 Å². The number of esters is 1. The summed E-state index contributed by atoms with van der Waals surface area (Å²) in [6.07, 6.45) is 0.296. The van der Waals surface area contributed by atoms with E-state index in [9.17, 15) is 14.4 Å². The Hall–Kier alpha value is -3.09. The van der Waals surface area contributed by atoms with Gasteiger partial charge in [0.05, 0.1) is 17.5 Å². The first-order chi connectivity index (χ1) is 10.5. The number of hydrogen-bond donors (Lipinski definition) is 2. The third-order valence-electron chi connectivity index (χ3n) is 2.82. The lowest BCUT2D eigenvalue weighted by Gasteiger charge is -2.12. The summed E-state index contributed by atoms with van der Waals surface area (Å²) in [5, 5.41) is 2.55. The zero-order chi connectivity index (χ0) is 16.1. The summed E-state index contributed by atoms with van der Waals surface area (Å²) >= 11 is 0. The molecule has 22 heavy (non-hydrogen) atoms. The van der Waals surface area contributed by atoms with Crippen molar-refractivity contribution < 1.29 is 23.5 Å². The maximum absolute atomic E-state index is 12.0. The van der Waals surface area contributed by atoms with Crippen LogP contribution < -0.4 is 11.1 Å². The molecular formula is C15H14N2O5. The molecule has 0 aliphatic rings. The van der Waals surface area contributed by atoms with Crippen LogP contribution in [-0.4, -0.2) is 23.9 Å². The number of hydrogen-bond acceptors (Lipinski definition) is 5. The standard InChI is InChI=1S/C15H14N2O5/c1-9(13(16)18)22-15(20)10-5-2-3-6-11(10)17-14(19)12-7-4-8-21-12/h2-9H,1H3,(H2,16,18)(H,17,19). The molecule has 2 rings (SSSR count). The summed E-state index contributed by atoms with van der Waals surface area (Å²) < 4.78 is 9.90. The van der Waals surface area contributed by atoms with Gasteiger partial charge in [0.1, 0.15) is 0 Å². The average Bonchev–Trinajstić information content (AvgIpc) is 3.01. The number of para-hydroxylation sites is 1. The number of nitrogens with one attached hydrogen (secondary N) is 1. The minimum atomic E-state index is -1.07. The van der Waals surface area contributed by atoms with Gasteiger partial charge in [0, 0.05) is 0 Å². The Morgan fingerprint density at radius 2 is 1.91 bits per heavy atom. The maximum Gasteiger partial charge on any atom is 0.341 e. The van der Waals surface area contributed by atoms with Crippen LogP contribution in [0.3, 0.4) is 0 Å². The predicted octanol–water partition coefficient (Wildman–Crippen LogP) is 1.56. The van der Waals surface area contributed by atoms with Gasteiger partial charge in [-0.15, -0.1) is 0 Å². The summed E-state index contributed by atoms with van der Waals surface area (Å²) in [6, 6.07) is 9.31. The lowest BCUT2D eigenvalue weighted by atomic mass is 10.1. The molecule has 0 bridgehead atoms. The molecule has 2 aromatic rings. The maximum atomic E-state index is 12.0. The number of furan rings is 1. The van der Waals surface area contributed by atoms with E-state index in [2.05, 4.69) is 5.32 Å². The molecular weight excluding hydrogens is 288 g/mol. The monoisotopic (exact) mass is 302 g/mol. The van der Waals surface area contributed by atoms with E-state index in [-0.39, 0.29) is 17.0 Å². The van der Waals surface area contributed by atoms with Gasteiger partial charge in [-0.1, -0.05) is 12.1 Å². The molecule has 7 heteroatoms. The number of rotatable bonds is 5. The first kappa shape index (κ1) is 15.3. The molecule has 7 nitrogen and oxygen atoms in total. The minimum Gasteiger partial charge on any atom is -0.459 e. The van der Waals surface area contributed by atoms with Crippen molar-refractivity contribution in [3.8, 4) is 0 Å². The van der Waals surface area contributed by atoms with Crippen LogP contribution in [0.5, 0.6) is 0 Å². The third-order valence-corrected chi connectivity index (χ3v) is 2.82. The third kappa shape index (κ3) is 3.51. The smallest absolute Gasteiger partial charge is 0.341 e. The molecule has 0 saturated carbocycles. The molecule has 3 N–H and O–H groups in total. The summed E-state index contributed by atoms with van der Waals surface area (Å²) in [5.41, 5.74) is 5.40. The number of nitrogens with two attached hydrogens (primary N) is 1. The van der Waals surface area contributed by atoms with Crippen LogP contribution in [0.15, 0.2) is 47.1 Å². The quantitative estimate of drug-likeness (QED) is 0.814. The first-order valence-corrected chi connectivity index (χ1v) is 6.43. The van der Waals surface area contributed by atoms with Crippen LogP contribution in [0.4, 0.5) is 5.69 Å². The molecule has 2 amide bonds. The number of benzene rings is 1. The van der Waals surface area contributed by atoms with Gasteiger partial charge in [0.15, 0.2) is 11.9 Å². The van der Waals surface area contributed by atoms with Crippen molar-refractivity contribution in [2.45, 2.75) is 13.0 Å². The summed E-state index contributed by atoms with van der Waals surface area (Å²) in [7, 11) is 0. The Morgan fingerprint density at radius 3 is 2.55 bits per heavy atom. The van der Waals surface area contributed by atoms with Crippen LogP contribution >= 0.6 is 0 Å². The van der Waals surface area contributed by atoms with Crippen molar-refractivity contribution in [1.82, 2.24) is 0 Å². The Kier molecular flexibility index (Phi) is 4.57. The highest BCUT2D eigenvalue weighted by molar-refractivity contribution is 6.06. The van der Waals surface area contributed by atoms with E-state index in [0.717, 1.165) is 0 Å². The van der Waals surface area contributed by atoms with Gasteiger partial charge in [-0.3, -0.25) is 9.59 Å². The molecule has 1 unspecified atom stereocenters. The van der Waals surface area contributed by atoms with Crippen molar-refractivity contribution in [2.24, 2.45) is 5.73 Å². The molecule has 1 aromatic heterocycles. The highest BCUT2D eigenvalue weighted by Crippen LogP contribution is 2.18. The second kappa shape index (κ2) is 6.57. The number of ether oxygens (including phenoxy) is 1. The lowest BCUT2D eigenvalue weighted by Crippen LogP contribution is -2.30. The van der Waals surface area contributed by atoms with Gasteiger partial charge in [0.25, 0.3) is 11.8 Å². The Balaban J connectivity index is 2.18. The molecule has 0 saturated heterocycles. The number of primary amides is 1. The number of carbonyl (C=O) groups excluding carboxylic acids is 3. The largest absolute Gasteiger partial charge is 0.459 e. The second-order valence-corrected chi connectivity index (χ2v) is 4.43. The normalized spacial score (nSPS) is 11.5. The van der Waals surface area contributed by atoms with Crippen molar-refractivity contribution >= 4 is 23.5 Å². The topological polar surface area (TPSA) is 112 Å². The van der Waals surface area contributed by atoms with E-state index in [1.807, 2.05) is 0 Å². The zero-order valence-corrected chi connectivity index (χ0v) is 11.7. The van der Waals surface area contributed by atoms with Crippen molar-refractivity contribution in [1.29, 1.82) is 0 Å². The molecule has 0 spiro atoms. The molecule has 1 heterocycles. The van der Waals surface area contributed by atoms with Crippen LogP contribution in [0.1, 0.15) is 27.8 Å². The van der Waals surface area contributed by atoms with E-state index in [0.29, 0.717) is 0 Å². The minimum absolute atomic E-state index is 0.105. The van der Waals surface area contributed by atoms with Gasteiger partial charge in [-0.05, 0) is 31.2 Å². The van der Waals surface area contributed by atoms with Crippen LogP contribution in [-0.2, 0) is 9.53 Å². The Bertz CT molecular complexity index is 694. The van der Waals surface area contributed by atoms with E-state index in [1.165, 1.54) is 31.4 Å². The fourth-order valence-electron chi connectivity index (χ4n) is 1.64. The number of anilines is 1. The van der Waals surface area contributed by atoms with E-state index in [4.69, 9.17) is 14.9 Å². The van der Waals surface area contributed by atoms with E-state index < -0.39 is 23.9 Å². The molecule has 1 aromatic carbocycles. The van der Waals surface area contributed by atoms with Gasteiger partial charge in [-0.2, -0.15) is 0 Å². The fraction of sp³-hybridized carbons (Fsp3) is 0.133. The SMILES string of the molecule is CC(OC(=O)c1ccccc1NC(=O)c1ccco1)C(N)=O. The first-order valence-electron chi connectivity index (χ1n) is 6.43. The van der Waals surface area contributed by atoms with Gasteiger partial charge < -0.3 is 20.2 Å². The highest BCUT2D eigenvalue weighted by atomic mass is 16.5. The molecule has 0 radical (unpaired) electrons. The molecule has 0 fully saturated rings. The van der Waals surface area contributed by atoms with E-state index in [1.54, 1.807) is 18.2 Å². The Morgan fingerprint density at radius 1 is 1.18 bits per heavy atom. The Labute approximate surface area is 126 Å². The molecule has 114 valence electrons. The number of amides is 2. The summed E-state index contributed by atoms with van der Waals surface area (Å²) in [4.78, 5) is 34.9. The van der Waals surface area contributed by atoms with Crippen LogP contribution in [0, 0.1) is 0 Å². The van der Waals surface area contributed by atoms with Gasteiger partial charge in [0.2, 0.25) is 0 Å². The molecule has 0 aliphatic carbocycles. The summed E-state index contributed by atoms with van der Waals surface area (Å²) in [5.74, 6) is -1.92. The average molecular weight is 302 g/mol. The van der Waals surface area contributed by atoms with Crippen LogP contribution in [0.2, 0.25) is 0 Å². The second-order valence-electron chi connectivity index (χ2n) is 4.43. The zero-order valence-electron chi connectivity index (χ0n) is 11.7. The molecule has 1 atom stereocenters. The van der Waals surface area contributed by atoms with Crippen molar-refractivity contribution in [3.05, 3.63) is 54.0 Å². The number of carbonyl (C=O) groups is 3. The van der Waals surface area contributed by atoms with E-state index >= 15 is 0 Å². The molecule has 0 aliphatic heterocycles. The predicted molar refractivity (Wildman–Crippen MR) is 77.2 cm³/mol. The summed E-state index contributed by atoms with van der Waals surface area (Å²) in [6.45, 7) is 1.37. The fourth-order valence-corrected chi connectivity index (χ4v) is 1.64. The van der Waals surface area contributed by atoms with Crippen molar-refractivity contribution in [2.75, 3.05) is 5.32 Å². The van der Waals surface area contributed by atoms with Crippen molar-refractivity contribution in [3.63, 3.8) is 0 Å². The van der Waals surface area contributed by atoms with Gasteiger partial charge >= 0.3 is 5.97 Å². The highest BCUT2D eigenvalue weighted by Gasteiger charge is 2.20. The lowest BCUT2D eigenvalue weighted by molar-refractivity contribution is -0.125. The van der Waals surface area contributed by atoms with Crippen LogP contribution in [0.25, 0.3) is 0 Å².